The van der Waals surface area contributed by atoms with Gasteiger partial charge in [0.25, 0.3) is 0 Å². The number of carbonyl (C=O) groups excluding carboxylic acids is 2. The van der Waals surface area contributed by atoms with Crippen LogP contribution in [0.25, 0.3) is 0 Å². The van der Waals surface area contributed by atoms with Crippen LogP contribution in [0.15, 0.2) is 48.5 Å². The van der Waals surface area contributed by atoms with Crippen LogP contribution >= 0.6 is 0 Å². The van der Waals surface area contributed by atoms with E-state index in [-0.39, 0.29) is 17.9 Å². The summed E-state index contributed by atoms with van der Waals surface area (Å²) in [4.78, 5) is 28.2. The Bertz CT molecular complexity index is 905. The highest BCUT2D eigenvalue weighted by Gasteiger charge is 2.30. The van der Waals surface area contributed by atoms with E-state index in [1.165, 1.54) is 5.56 Å². The van der Waals surface area contributed by atoms with Gasteiger partial charge in [0.15, 0.2) is 0 Å². The molecule has 1 fully saturated rings. The number of hydrogen-bond acceptors (Lipinski definition) is 4. The van der Waals surface area contributed by atoms with Crippen LogP contribution in [0.4, 0.5) is 0 Å². The highest BCUT2D eigenvalue weighted by molar-refractivity contribution is 5.87. The molecule has 1 aliphatic rings. The topological polar surface area (TPSA) is 67.9 Å². The number of benzene rings is 2. The Kier molecular flexibility index (Phi) is 9.80. The molecule has 0 spiro atoms. The molecule has 0 heterocycles. The summed E-state index contributed by atoms with van der Waals surface area (Å²) >= 11 is 0. The van der Waals surface area contributed by atoms with Crippen LogP contribution in [0.3, 0.4) is 0 Å². The summed E-state index contributed by atoms with van der Waals surface area (Å²) in [6.45, 7) is 4.87. The average Bonchev–Trinajstić information content (AvgIpc) is 3.36. The lowest BCUT2D eigenvalue weighted by Gasteiger charge is -2.31. The maximum atomic E-state index is 13.3. The zero-order valence-corrected chi connectivity index (χ0v) is 20.7. The molecule has 1 N–H and O–H groups in total. The normalized spacial score (nSPS) is 14.4. The summed E-state index contributed by atoms with van der Waals surface area (Å²) in [6.07, 6.45) is 5.85. The maximum Gasteiger partial charge on any atom is 0.243 e. The molecule has 1 aliphatic carbocycles. The lowest BCUT2D eigenvalue weighted by molar-refractivity contribution is -0.141. The highest BCUT2D eigenvalue weighted by atomic mass is 16.5. The first-order chi connectivity index (χ1) is 16.5. The molecule has 6 heteroatoms. The summed E-state index contributed by atoms with van der Waals surface area (Å²) in [5.74, 6) is 1.46. The minimum Gasteiger partial charge on any atom is -0.497 e. The zero-order valence-electron chi connectivity index (χ0n) is 20.7. The first-order valence-corrected chi connectivity index (χ1v) is 12.4. The summed E-state index contributed by atoms with van der Waals surface area (Å²) in [6, 6.07) is 15.3. The van der Waals surface area contributed by atoms with Crippen molar-refractivity contribution in [2.45, 2.75) is 77.4 Å². The highest BCUT2D eigenvalue weighted by Crippen LogP contribution is 2.20. The summed E-state index contributed by atoms with van der Waals surface area (Å²) in [7, 11) is 1.63. The van der Waals surface area contributed by atoms with E-state index in [1.807, 2.05) is 62.4 Å². The number of carbonyl (C=O) groups is 2. The van der Waals surface area contributed by atoms with Crippen molar-refractivity contribution in [2.75, 3.05) is 13.7 Å². The third kappa shape index (κ3) is 7.51. The van der Waals surface area contributed by atoms with Gasteiger partial charge < -0.3 is 19.7 Å². The smallest absolute Gasteiger partial charge is 0.243 e. The summed E-state index contributed by atoms with van der Waals surface area (Å²) in [5, 5.41) is 3.19. The number of amides is 2. The van der Waals surface area contributed by atoms with Crippen LogP contribution in [0.5, 0.6) is 11.5 Å². The van der Waals surface area contributed by atoms with Crippen LogP contribution in [0.2, 0.25) is 0 Å². The molecular formula is C28H38N2O4. The molecule has 34 heavy (non-hydrogen) atoms. The molecule has 1 atom stereocenters. The zero-order chi connectivity index (χ0) is 24.3. The molecule has 2 amide bonds. The number of methoxy groups -OCH3 is 1. The minimum atomic E-state index is -0.475. The predicted molar refractivity (Wildman–Crippen MR) is 134 cm³/mol. The molecule has 0 aliphatic heterocycles. The van der Waals surface area contributed by atoms with Crippen LogP contribution in [-0.4, -0.2) is 42.5 Å². The molecule has 0 radical (unpaired) electrons. The number of rotatable bonds is 12. The van der Waals surface area contributed by atoms with E-state index in [2.05, 4.69) is 5.32 Å². The van der Waals surface area contributed by atoms with Crippen LogP contribution in [0, 0.1) is 6.92 Å². The van der Waals surface area contributed by atoms with Crippen molar-refractivity contribution in [1.82, 2.24) is 10.2 Å². The Labute approximate surface area is 203 Å². The molecule has 0 bridgehead atoms. The molecule has 184 valence electrons. The molecule has 0 saturated heterocycles. The van der Waals surface area contributed by atoms with E-state index in [4.69, 9.17) is 9.47 Å². The van der Waals surface area contributed by atoms with Gasteiger partial charge in [0.05, 0.1) is 13.7 Å². The molecule has 0 aromatic heterocycles. The number of hydrogen-bond donors (Lipinski definition) is 1. The van der Waals surface area contributed by atoms with Gasteiger partial charge in [0.1, 0.15) is 17.5 Å². The van der Waals surface area contributed by atoms with Gasteiger partial charge in [-0.2, -0.15) is 0 Å². The van der Waals surface area contributed by atoms with Crippen molar-refractivity contribution < 1.29 is 19.1 Å². The van der Waals surface area contributed by atoms with E-state index < -0.39 is 6.04 Å². The first kappa shape index (κ1) is 25.6. The molecule has 1 saturated carbocycles. The first-order valence-electron chi connectivity index (χ1n) is 12.4. The Morgan fingerprint density at radius 3 is 2.29 bits per heavy atom. The fourth-order valence-corrected chi connectivity index (χ4v) is 4.41. The van der Waals surface area contributed by atoms with Crippen LogP contribution in [0.1, 0.15) is 63.0 Å². The number of nitrogens with one attached hydrogen (secondary N) is 1. The maximum absolute atomic E-state index is 13.3. The molecule has 2 aromatic carbocycles. The third-order valence-corrected chi connectivity index (χ3v) is 6.42. The second kappa shape index (κ2) is 13.0. The van der Waals surface area contributed by atoms with Gasteiger partial charge in [-0.05, 0) is 62.4 Å². The Hall–Kier alpha value is -3.02. The van der Waals surface area contributed by atoms with E-state index in [0.29, 0.717) is 32.4 Å². The average molecular weight is 467 g/mol. The second-order valence-corrected chi connectivity index (χ2v) is 9.05. The van der Waals surface area contributed by atoms with Gasteiger partial charge in [-0.1, -0.05) is 49.6 Å². The van der Waals surface area contributed by atoms with Gasteiger partial charge >= 0.3 is 0 Å². The molecular weight excluding hydrogens is 428 g/mol. The summed E-state index contributed by atoms with van der Waals surface area (Å²) in [5.41, 5.74) is 2.20. The second-order valence-electron chi connectivity index (χ2n) is 9.05. The van der Waals surface area contributed by atoms with Crippen LogP contribution in [-0.2, 0) is 16.1 Å². The van der Waals surface area contributed by atoms with Crippen molar-refractivity contribution >= 4 is 11.8 Å². The van der Waals surface area contributed by atoms with Crippen molar-refractivity contribution in [3.63, 3.8) is 0 Å². The quantitative estimate of drug-likeness (QED) is 0.446. The SMILES string of the molecule is CC[C@@H](C(=O)NC1CCCC1)N(Cc1ccc(C)cc1)C(=O)CCCOc1ccc(OC)cc1. The van der Waals surface area contributed by atoms with Crippen LogP contribution < -0.4 is 14.8 Å². The lowest BCUT2D eigenvalue weighted by Crippen LogP contribution is -2.50. The monoisotopic (exact) mass is 466 g/mol. The Morgan fingerprint density at radius 1 is 1.03 bits per heavy atom. The van der Waals surface area contributed by atoms with Gasteiger partial charge in [0, 0.05) is 19.0 Å². The fourth-order valence-electron chi connectivity index (χ4n) is 4.41. The Morgan fingerprint density at radius 2 is 1.68 bits per heavy atom. The Balaban J connectivity index is 1.62. The fraction of sp³-hybridized carbons (Fsp3) is 0.500. The molecule has 2 aromatic rings. The predicted octanol–water partition coefficient (Wildman–Crippen LogP) is 5.03. The number of aryl methyl sites for hydroxylation is 1. The van der Waals surface area contributed by atoms with Crippen molar-refractivity contribution in [2.24, 2.45) is 0 Å². The van der Waals surface area contributed by atoms with E-state index in [9.17, 15) is 9.59 Å². The van der Waals surface area contributed by atoms with Gasteiger partial charge in [-0.15, -0.1) is 0 Å². The van der Waals surface area contributed by atoms with Crippen molar-refractivity contribution in [1.29, 1.82) is 0 Å². The molecule has 6 nitrogen and oxygen atoms in total. The molecule has 3 rings (SSSR count). The van der Waals surface area contributed by atoms with E-state index in [1.54, 1.807) is 12.0 Å². The van der Waals surface area contributed by atoms with Crippen molar-refractivity contribution in [3.05, 3.63) is 59.7 Å². The standard InChI is InChI=1S/C28H38N2O4/c1-4-26(28(32)29-23-8-5-6-9-23)30(20-22-13-11-21(2)12-14-22)27(31)10-7-19-34-25-17-15-24(33-3)16-18-25/h11-18,23,26H,4-10,19-20H2,1-3H3,(H,29,32)/t26-/m0/s1. The van der Waals surface area contributed by atoms with Gasteiger partial charge in [-0.3, -0.25) is 9.59 Å². The lowest BCUT2D eigenvalue weighted by atomic mass is 10.1. The molecule has 0 unspecified atom stereocenters. The number of nitrogens with zero attached hydrogens (tertiary/aromatic N) is 1. The van der Waals surface area contributed by atoms with E-state index >= 15 is 0 Å². The minimum absolute atomic E-state index is 0.0210. The van der Waals surface area contributed by atoms with Crippen molar-refractivity contribution in [3.8, 4) is 11.5 Å². The third-order valence-electron chi connectivity index (χ3n) is 6.42. The van der Waals surface area contributed by atoms with Gasteiger partial charge in [-0.25, -0.2) is 0 Å². The van der Waals surface area contributed by atoms with E-state index in [0.717, 1.165) is 42.7 Å². The summed E-state index contributed by atoms with van der Waals surface area (Å²) < 4.78 is 10.9. The van der Waals surface area contributed by atoms with Gasteiger partial charge in [0.2, 0.25) is 11.8 Å². The largest absolute Gasteiger partial charge is 0.497 e. The number of ether oxygens (including phenoxy) is 2.